The second kappa shape index (κ2) is 11.1. The van der Waals surface area contributed by atoms with Crippen molar-refractivity contribution >= 4 is 29.2 Å². The molecule has 1 atom stereocenters. The summed E-state index contributed by atoms with van der Waals surface area (Å²) in [6.07, 6.45) is 1.02. The molecule has 1 unspecified atom stereocenters. The van der Waals surface area contributed by atoms with Crippen LogP contribution in [0, 0.1) is 0 Å². The second-order valence-corrected chi connectivity index (χ2v) is 7.10. The Labute approximate surface area is 186 Å². The number of amides is 1. The minimum absolute atomic E-state index is 0.0419. The van der Waals surface area contributed by atoms with Crippen molar-refractivity contribution in [1.29, 1.82) is 0 Å². The molecule has 0 fully saturated rings. The summed E-state index contributed by atoms with van der Waals surface area (Å²) in [6, 6.07) is 12.0. The van der Waals surface area contributed by atoms with Gasteiger partial charge in [0.25, 0.3) is 0 Å². The van der Waals surface area contributed by atoms with Gasteiger partial charge in [-0.15, -0.1) is 0 Å². The molecule has 2 aromatic carbocycles. The summed E-state index contributed by atoms with van der Waals surface area (Å²) in [4.78, 5) is 46.9. The highest BCUT2D eigenvalue weighted by Crippen LogP contribution is 2.26. The molecule has 0 aliphatic carbocycles. The number of aliphatic carboxylic acids is 1. The van der Waals surface area contributed by atoms with Crippen LogP contribution in [0.4, 0.5) is 0 Å². The average Bonchev–Trinajstić information content (AvgIpc) is 3.05. The van der Waals surface area contributed by atoms with Crippen molar-refractivity contribution in [2.75, 3.05) is 7.05 Å². The van der Waals surface area contributed by atoms with E-state index >= 15 is 0 Å². The molecular formula is C24H29N3O5. The fourth-order valence-corrected chi connectivity index (χ4v) is 3.52. The average molecular weight is 440 g/mol. The molecule has 170 valence electrons. The molecular weight excluding hydrogens is 410 g/mol. The molecule has 0 saturated carbocycles. The topological polar surface area (TPSA) is 110 Å². The van der Waals surface area contributed by atoms with Crippen LogP contribution in [0.1, 0.15) is 38.3 Å². The summed E-state index contributed by atoms with van der Waals surface area (Å²) in [5, 5.41) is 11.4. The van der Waals surface area contributed by atoms with Crippen LogP contribution in [0.15, 0.2) is 47.3 Å². The number of carboxylic acid groups (broad SMARTS) is 1. The van der Waals surface area contributed by atoms with E-state index in [4.69, 9.17) is 5.11 Å². The fraction of sp³-hybridized carbons (Fsp3) is 0.333. The van der Waals surface area contributed by atoms with Crippen LogP contribution in [0.5, 0.6) is 0 Å². The zero-order chi connectivity index (χ0) is 23.8. The molecule has 0 bridgehead atoms. The normalized spacial score (nSPS) is 11.4. The van der Waals surface area contributed by atoms with Crippen molar-refractivity contribution < 1.29 is 19.5 Å². The van der Waals surface area contributed by atoms with E-state index < -0.39 is 12.0 Å². The molecule has 2 N–H and O–H groups in total. The highest BCUT2D eigenvalue weighted by Gasteiger charge is 2.20. The maximum atomic E-state index is 12.8. The number of aromatic nitrogens is 2. The van der Waals surface area contributed by atoms with Gasteiger partial charge in [-0.05, 0) is 35.2 Å². The SMILES string of the molecule is CC.CNC(=O)CCC(C=O)n1c(=O)n(C)c2cc(-c3ccc(CC(=O)O)cc3)ccc21. The lowest BCUT2D eigenvalue weighted by molar-refractivity contribution is -0.136. The van der Waals surface area contributed by atoms with Crippen LogP contribution in [-0.4, -0.2) is 39.5 Å². The van der Waals surface area contributed by atoms with E-state index in [0.717, 1.165) is 11.1 Å². The Morgan fingerprint density at radius 1 is 1.06 bits per heavy atom. The number of carboxylic acids is 1. The van der Waals surface area contributed by atoms with E-state index in [1.165, 1.54) is 16.2 Å². The zero-order valence-corrected chi connectivity index (χ0v) is 18.8. The molecule has 0 radical (unpaired) electrons. The van der Waals surface area contributed by atoms with Gasteiger partial charge in [-0.1, -0.05) is 44.2 Å². The lowest BCUT2D eigenvalue weighted by Crippen LogP contribution is -2.28. The van der Waals surface area contributed by atoms with Crippen molar-refractivity contribution in [1.82, 2.24) is 14.5 Å². The number of imidazole rings is 1. The Bertz CT molecular complexity index is 1160. The molecule has 3 rings (SSSR count). The van der Waals surface area contributed by atoms with Gasteiger partial charge in [0.05, 0.1) is 23.5 Å². The van der Waals surface area contributed by atoms with Crippen molar-refractivity contribution in [2.24, 2.45) is 7.05 Å². The van der Waals surface area contributed by atoms with Gasteiger partial charge in [0.2, 0.25) is 5.91 Å². The summed E-state index contributed by atoms with van der Waals surface area (Å²) < 4.78 is 2.90. The first kappa shape index (κ1) is 24.6. The molecule has 0 spiro atoms. The summed E-state index contributed by atoms with van der Waals surface area (Å²) >= 11 is 0. The van der Waals surface area contributed by atoms with E-state index in [2.05, 4.69) is 5.32 Å². The molecule has 3 aromatic rings. The number of benzene rings is 2. The van der Waals surface area contributed by atoms with Crippen molar-refractivity contribution in [2.45, 2.75) is 39.2 Å². The van der Waals surface area contributed by atoms with Crippen molar-refractivity contribution in [3.05, 3.63) is 58.5 Å². The van der Waals surface area contributed by atoms with Crippen LogP contribution in [0.3, 0.4) is 0 Å². The third-order valence-electron chi connectivity index (χ3n) is 5.17. The standard InChI is InChI=1S/C22H23N3O5.C2H6/c1-23-20(27)10-8-17(13-26)25-18-9-7-16(12-19(18)24(2)22(25)30)15-5-3-14(4-6-15)11-21(28)29;1-2/h3-7,9,12-13,17H,8,10-11H2,1-2H3,(H,23,27)(H,28,29);1-2H3. The molecule has 8 nitrogen and oxygen atoms in total. The monoisotopic (exact) mass is 439 g/mol. The first-order chi connectivity index (χ1) is 15.3. The Morgan fingerprint density at radius 3 is 2.25 bits per heavy atom. The Hall–Kier alpha value is -3.68. The van der Waals surface area contributed by atoms with E-state index in [1.54, 1.807) is 25.2 Å². The number of rotatable bonds is 8. The van der Waals surface area contributed by atoms with Gasteiger partial charge in [0.15, 0.2) is 0 Å². The van der Waals surface area contributed by atoms with Gasteiger partial charge in [-0.25, -0.2) is 4.79 Å². The molecule has 8 heteroatoms. The number of fused-ring (bicyclic) bond motifs is 1. The summed E-state index contributed by atoms with van der Waals surface area (Å²) in [6.45, 7) is 4.00. The summed E-state index contributed by atoms with van der Waals surface area (Å²) in [7, 11) is 3.17. The lowest BCUT2D eigenvalue weighted by atomic mass is 10.0. The quantitative estimate of drug-likeness (QED) is 0.525. The third-order valence-corrected chi connectivity index (χ3v) is 5.17. The van der Waals surface area contributed by atoms with Gasteiger partial charge in [-0.3, -0.25) is 18.7 Å². The van der Waals surface area contributed by atoms with Crippen molar-refractivity contribution in [3.8, 4) is 11.1 Å². The fourth-order valence-electron chi connectivity index (χ4n) is 3.52. The Kier molecular flexibility index (Phi) is 8.52. The number of hydrogen-bond acceptors (Lipinski definition) is 4. The van der Waals surface area contributed by atoms with E-state index in [-0.39, 0.29) is 30.9 Å². The Balaban J connectivity index is 0.00000176. The predicted molar refractivity (Wildman–Crippen MR) is 124 cm³/mol. The van der Waals surface area contributed by atoms with Gasteiger partial charge >= 0.3 is 11.7 Å². The van der Waals surface area contributed by atoms with Crippen LogP contribution in [0.2, 0.25) is 0 Å². The molecule has 1 heterocycles. The number of nitrogens with zero attached hydrogens (tertiary/aromatic N) is 2. The summed E-state index contributed by atoms with van der Waals surface area (Å²) in [5.41, 5.74) is 3.41. The molecule has 1 amide bonds. The second-order valence-electron chi connectivity index (χ2n) is 7.10. The van der Waals surface area contributed by atoms with Gasteiger partial charge in [0, 0.05) is 20.5 Å². The molecule has 0 saturated heterocycles. The third kappa shape index (κ3) is 5.32. The van der Waals surface area contributed by atoms with Gasteiger partial charge < -0.3 is 15.2 Å². The molecule has 1 aromatic heterocycles. The van der Waals surface area contributed by atoms with Crippen LogP contribution >= 0.6 is 0 Å². The van der Waals surface area contributed by atoms with Crippen molar-refractivity contribution in [3.63, 3.8) is 0 Å². The smallest absolute Gasteiger partial charge is 0.329 e. The minimum Gasteiger partial charge on any atom is -0.481 e. The maximum absolute atomic E-state index is 12.8. The highest BCUT2D eigenvalue weighted by atomic mass is 16.4. The number of carbonyl (C=O) groups is 3. The zero-order valence-electron chi connectivity index (χ0n) is 18.8. The van der Waals surface area contributed by atoms with Crippen LogP contribution in [-0.2, 0) is 27.9 Å². The maximum Gasteiger partial charge on any atom is 0.329 e. The number of nitrogens with one attached hydrogen (secondary N) is 1. The number of carbonyl (C=O) groups excluding carboxylic acids is 2. The van der Waals surface area contributed by atoms with E-state index in [9.17, 15) is 19.2 Å². The molecule has 0 aliphatic heterocycles. The first-order valence-electron chi connectivity index (χ1n) is 10.5. The molecule has 32 heavy (non-hydrogen) atoms. The highest BCUT2D eigenvalue weighted by molar-refractivity contribution is 5.84. The summed E-state index contributed by atoms with van der Waals surface area (Å²) in [5.74, 6) is -1.08. The Morgan fingerprint density at radius 2 is 1.69 bits per heavy atom. The number of aldehydes is 1. The van der Waals surface area contributed by atoms with Gasteiger partial charge in [0.1, 0.15) is 6.29 Å². The first-order valence-corrected chi connectivity index (χ1v) is 10.5. The molecule has 0 aliphatic rings. The van der Waals surface area contributed by atoms with Crippen LogP contribution in [0.25, 0.3) is 22.2 Å². The number of hydrogen-bond donors (Lipinski definition) is 2. The van der Waals surface area contributed by atoms with E-state index in [1.807, 2.05) is 38.1 Å². The number of aryl methyl sites for hydroxylation is 1. The van der Waals surface area contributed by atoms with Gasteiger partial charge in [-0.2, -0.15) is 0 Å². The lowest BCUT2D eigenvalue weighted by Gasteiger charge is -2.12. The van der Waals surface area contributed by atoms with Crippen LogP contribution < -0.4 is 11.0 Å². The largest absolute Gasteiger partial charge is 0.481 e. The minimum atomic E-state index is -0.887. The van der Waals surface area contributed by atoms with E-state index in [0.29, 0.717) is 22.9 Å². The predicted octanol–water partition coefficient (Wildman–Crippen LogP) is 2.93.